The molecule has 1 aromatic heterocycles. The second-order valence-corrected chi connectivity index (χ2v) is 5.88. The van der Waals surface area contributed by atoms with E-state index in [-0.39, 0.29) is 0 Å². The van der Waals surface area contributed by atoms with E-state index < -0.39 is 0 Å². The highest BCUT2D eigenvalue weighted by Gasteiger charge is 2.09. The first-order valence-electron chi connectivity index (χ1n) is 5.90. The van der Waals surface area contributed by atoms with Gasteiger partial charge in [-0.25, -0.2) is 4.98 Å². The molecule has 18 heavy (non-hydrogen) atoms. The van der Waals surface area contributed by atoms with Crippen molar-refractivity contribution >= 4 is 27.7 Å². The van der Waals surface area contributed by atoms with Crippen LogP contribution in [0.1, 0.15) is 25.5 Å². The Balaban J connectivity index is 2.14. The molecule has 0 radical (unpaired) electrons. The van der Waals surface area contributed by atoms with E-state index in [1.807, 2.05) is 6.20 Å². The van der Waals surface area contributed by atoms with Crippen molar-refractivity contribution in [2.75, 3.05) is 6.54 Å². The summed E-state index contributed by atoms with van der Waals surface area (Å²) in [7, 11) is 0. The maximum absolute atomic E-state index is 4.21. The Morgan fingerprint density at radius 1 is 1.50 bits per heavy atom. The first-order valence-corrected chi connectivity index (χ1v) is 7.51. The molecule has 1 heterocycles. The molecule has 0 spiro atoms. The van der Waals surface area contributed by atoms with Crippen molar-refractivity contribution in [2.24, 2.45) is 0 Å². The van der Waals surface area contributed by atoms with Gasteiger partial charge in [0.2, 0.25) is 0 Å². The van der Waals surface area contributed by atoms with Crippen LogP contribution in [0.5, 0.6) is 0 Å². The molecule has 5 heteroatoms. The van der Waals surface area contributed by atoms with Crippen molar-refractivity contribution in [1.29, 1.82) is 0 Å². The predicted molar refractivity (Wildman–Crippen MR) is 78.9 cm³/mol. The van der Waals surface area contributed by atoms with E-state index in [1.54, 1.807) is 18.0 Å². The molecule has 0 aliphatic heterocycles. The Morgan fingerprint density at radius 3 is 2.94 bits per heavy atom. The topological polar surface area (TPSA) is 40.7 Å². The van der Waals surface area contributed by atoms with Crippen LogP contribution in [0.2, 0.25) is 0 Å². The van der Waals surface area contributed by atoms with Crippen LogP contribution >= 0.6 is 27.7 Å². The number of rotatable bonds is 5. The summed E-state index contributed by atoms with van der Waals surface area (Å²) < 4.78 is 1.13. The first-order chi connectivity index (χ1) is 8.70. The summed E-state index contributed by atoms with van der Waals surface area (Å²) in [6.45, 7) is 5.25. The average molecular weight is 326 g/mol. The Kier molecular flexibility index (Phi) is 4.86. The summed E-state index contributed by atoms with van der Waals surface area (Å²) in [5.41, 5.74) is 1.28. The number of hydrogen-bond acceptors (Lipinski definition) is 3. The molecular weight excluding hydrogens is 310 g/mol. The van der Waals surface area contributed by atoms with Crippen LogP contribution < -0.4 is 5.32 Å². The van der Waals surface area contributed by atoms with Gasteiger partial charge in [0.1, 0.15) is 0 Å². The quantitative estimate of drug-likeness (QED) is 0.873. The third-order valence-electron chi connectivity index (χ3n) is 2.64. The van der Waals surface area contributed by atoms with E-state index in [1.165, 1.54) is 10.5 Å². The van der Waals surface area contributed by atoms with Gasteiger partial charge in [-0.1, -0.05) is 40.7 Å². The molecule has 2 rings (SSSR count). The van der Waals surface area contributed by atoms with Crippen LogP contribution in [0, 0.1) is 0 Å². The third-order valence-corrected chi connectivity index (χ3v) is 4.23. The molecule has 1 atom stereocenters. The second kappa shape index (κ2) is 6.41. The molecule has 0 aliphatic carbocycles. The summed E-state index contributed by atoms with van der Waals surface area (Å²) in [5, 5.41) is 4.32. The summed E-state index contributed by atoms with van der Waals surface area (Å²) in [6.07, 6.45) is 3.60. The third kappa shape index (κ3) is 3.37. The van der Waals surface area contributed by atoms with Crippen LogP contribution in [0.15, 0.2) is 45.1 Å². The molecular formula is C13H16BrN3S. The van der Waals surface area contributed by atoms with Gasteiger partial charge in [0.25, 0.3) is 0 Å². The minimum atomic E-state index is 0.354. The lowest BCUT2D eigenvalue weighted by atomic mass is 10.1. The molecule has 2 N–H and O–H groups in total. The van der Waals surface area contributed by atoms with E-state index >= 15 is 0 Å². The highest BCUT2D eigenvalue weighted by atomic mass is 79.9. The van der Waals surface area contributed by atoms with Crippen molar-refractivity contribution in [3.05, 3.63) is 40.6 Å². The maximum Gasteiger partial charge on any atom is 0.170 e. The Morgan fingerprint density at radius 2 is 2.33 bits per heavy atom. The zero-order chi connectivity index (χ0) is 13.0. The fourth-order valence-electron chi connectivity index (χ4n) is 1.76. The van der Waals surface area contributed by atoms with Gasteiger partial charge in [0, 0.05) is 27.8 Å². The van der Waals surface area contributed by atoms with Gasteiger partial charge in [0.05, 0.1) is 0 Å². The van der Waals surface area contributed by atoms with E-state index in [4.69, 9.17) is 0 Å². The van der Waals surface area contributed by atoms with Crippen molar-refractivity contribution < 1.29 is 0 Å². The van der Waals surface area contributed by atoms with Crippen molar-refractivity contribution in [3.8, 4) is 0 Å². The maximum atomic E-state index is 4.21. The number of halogens is 1. The number of H-pyrrole nitrogens is 1. The van der Waals surface area contributed by atoms with E-state index in [0.29, 0.717) is 6.04 Å². The van der Waals surface area contributed by atoms with Crippen LogP contribution in [-0.4, -0.2) is 16.5 Å². The number of benzene rings is 1. The predicted octanol–water partition coefficient (Wildman–Crippen LogP) is 3.99. The minimum Gasteiger partial charge on any atom is -0.339 e. The lowest BCUT2D eigenvalue weighted by Crippen LogP contribution is -2.17. The second-order valence-electron chi connectivity index (χ2n) is 3.96. The Bertz CT molecular complexity index is 499. The van der Waals surface area contributed by atoms with Gasteiger partial charge in [-0.3, -0.25) is 0 Å². The Hall–Kier alpha value is -0.780. The molecule has 0 fully saturated rings. The molecule has 0 saturated heterocycles. The van der Waals surface area contributed by atoms with Gasteiger partial charge in [-0.2, -0.15) is 0 Å². The van der Waals surface area contributed by atoms with Gasteiger partial charge in [0.15, 0.2) is 5.16 Å². The molecule has 0 amide bonds. The fourth-order valence-corrected chi connectivity index (χ4v) is 3.41. The molecule has 2 aromatic rings. The summed E-state index contributed by atoms with van der Waals surface area (Å²) in [5.74, 6) is 0. The zero-order valence-electron chi connectivity index (χ0n) is 10.4. The highest BCUT2D eigenvalue weighted by molar-refractivity contribution is 9.10. The van der Waals surface area contributed by atoms with Gasteiger partial charge < -0.3 is 10.3 Å². The van der Waals surface area contributed by atoms with E-state index in [9.17, 15) is 0 Å². The molecule has 0 bridgehead atoms. The molecule has 1 unspecified atom stereocenters. The van der Waals surface area contributed by atoms with Crippen LogP contribution in [0.25, 0.3) is 0 Å². The summed E-state index contributed by atoms with van der Waals surface area (Å²) in [4.78, 5) is 8.47. The van der Waals surface area contributed by atoms with E-state index in [0.717, 1.165) is 16.2 Å². The smallest absolute Gasteiger partial charge is 0.170 e. The Labute approximate surface area is 120 Å². The average Bonchev–Trinajstić information content (AvgIpc) is 2.82. The van der Waals surface area contributed by atoms with Crippen molar-refractivity contribution in [3.63, 3.8) is 0 Å². The summed E-state index contributed by atoms with van der Waals surface area (Å²) in [6, 6.07) is 6.77. The van der Waals surface area contributed by atoms with Crippen molar-refractivity contribution in [2.45, 2.75) is 29.9 Å². The van der Waals surface area contributed by atoms with Gasteiger partial charge in [-0.05, 0) is 31.2 Å². The van der Waals surface area contributed by atoms with Gasteiger partial charge in [-0.15, -0.1) is 0 Å². The largest absolute Gasteiger partial charge is 0.339 e. The molecule has 0 saturated carbocycles. The lowest BCUT2D eigenvalue weighted by molar-refractivity contribution is 0.595. The first kappa shape index (κ1) is 13.6. The standard InChI is InChI=1S/C13H16BrN3S/c1-3-15-9(2)11-5-4-10(8-12(11)14)18-13-16-6-7-17-13/h4-9,15H,3H2,1-2H3,(H,16,17). The SMILES string of the molecule is CCNC(C)c1ccc(Sc2ncc[nH]2)cc1Br. The van der Waals surface area contributed by atoms with E-state index in [2.05, 4.69) is 63.3 Å². The molecule has 0 aliphatic rings. The molecule has 1 aromatic carbocycles. The number of nitrogens with one attached hydrogen (secondary N) is 2. The van der Waals surface area contributed by atoms with Gasteiger partial charge >= 0.3 is 0 Å². The fraction of sp³-hybridized carbons (Fsp3) is 0.308. The zero-order valence-corrected chi connectivity index (χ0v) is 12.8. The number of imidazole rings is 1. The monoisotopic (exact) mass is 325 g/mol. The van der Waals surface area contributed by atoms with Crippen LogP contribution in [0.3, 0.4) is 0 Å². The number of hydrogen-bond donors (Lipinski definition) is 2. The molecule has 3 nitrogen and oxygen atoms in total. The number of aromatic nitrogens is 2. The van der Waals surface area contributed by atoms with Crippen LogP contribution in [-0.2, 0) is 0 Å². The minimum absolute atomic E-state index is 0.354. The number of nitrogens with zero attached hydrogens (tertiary/aromatic N) is 1. The normalized spacial score (nSPS) is 12.6. The highest BCUT2D eigenvalue weighted by Crippen LogP contribution is 2.31. The number of aromatic amines is 1. The van der Waals surface area contributed by atoms with Crippen LogP contribution in [0.4, 0.5) is 0 Å². The van der Waals surface area contributed by atoms with Crippen molar-refractivity contribution in [1.82, 2.24) is 15.3 Å². The summed E-state index contributed by atoms with van der Waals surface area (Å²) >= 11 is 5.26. The molecule has 96 valence electrons. The lowest BCUT2D eigenvalue weighted by Gasteiger charge is -2.15.